The summed E-state index contributed by atoms with van der Waals surface area (Å²) in [6, 6.07) is 1.97. The van der Waals surface area contributed by atoms with E-state index in [1.54, 1.807) is 16.3 Å². The van der Waals surface area contributed by atoms with Gasteiger partial charge in [-0.3, -0.25) is 9.89 Å². The lowest BCUT2D eigenvalue weighted by Crippen LogP contribution is -2.20. The van der Waals surface area contributed by atoms with Crippen LogP contribution in [-0.4, -0.2) is 14.6 Å². The van der Waals surface area contributed by atoms with Gasteiger partial charge in [0.2, 0.25) is 0 Å². The number of nitrogens with one attached hydrogen (secondary N) is 1. The third-order valence-corrected chi connectivity index (χ3v) is 3.89. The van der Waals surface area contributed by atoms with E-state index in [9.17, 15) is 4.79 Å². The fraction of sp³-hybridized carbons (Fsp3) is 0.455. The highest BCUT2D eigenvalue weighted by molar-refractivity contribution is 7.98. The van der Waals surface area contributed by atoms with Gasteiger partial charge in [0.05, 0.1) is 11.3 Å². The van der Waals surface area contributed by atoms with Gasteiger partial charge in [-0.05, 0) is 5.92 Å². The van der Waals surface area contributed by atoms with Crippen molar-refractivity contribution in [3.63, 3.8) is 0 Å². The van der Waals surface area contributed by atoms with Gasteiger partial charge >= 0.3 is 0 Å². The molecule has 0 aromatic carbocycles. The van der Waals surface area contributed by atoms with E-state index >= 15 is 0 Å². The van der Waals surface area contributed by atoms with Gasteiger partial charge in [-0.15, -0.1) is 0 Å². The van der Waals surface area contributed by atoms with Gasteiger partial charge in [0.1, 0.15) is 0 Å². The number of hydrogen-bond acceptors (Lipinski definition) is 3. The van der Waals surface area contributed by atoms with E-state index in [0.717, 1.165) is 34.1 Å². The van der Waals surface area contributed by atoms with Gasteiger partial charge in [-0.1, -0.05) is 13.8 Å². The van der Waals surface area contributed by atoms with Crippen LogP contribution in [0.15, 0.2) is 10.9 Å². The number of aromatic nitrogens is 3. The molecule has 0 amide bonds. The minimum absolute atomic E-state index is 0.0666. The Hall–Kier alpha value is -1.23. The number of fused-ring (bicyclic) bond motifs is 2. The standard InChI is InChI=1S/C11H13N3OS/c1-6(2)8-3-10-12-9-5-16-4-7(9)11(15)14(10)13-8/h3,6,13H,4-5H2,1-2H3. The monoisotopic (exact) mass is 235 g/mol. The fourth-order valence-electron chi connectivity index (χ4n) is 1.93. The first-order valence-corrected chi connectivity index (χ1v) is 6.53. The lowest BCUT2D eigenvalue weighted by Gasteiger charge is -1.99. The Labute approximate surface area is 97.1 Å². The number of nitrogens with zero attached hydrogens (tertiary/aromatic N) is 2. The van der Waals surface area contributed by atoms with Crippen molar-refractivity contribution in [2.45, 2.75) is 31.3 Å². The van der Waals surface area contributed by atoms with E-state index in [-0.39, 0.29) is 5.56 Å². The molecule has 1 N–H and O–H groups in total. The van der Waals surface area contributed by atoms with Crippen LogP contribution in [0.25, 0.3) is 5.65 Å². The Kier molecular flexibility index (Phi) is 2.10. The summed E-state index contributed by atoms with van der Waals surface area (Å²) < 4.78 is 1.57. The highest BCUT2D eigenvalue weighted by atomic mass is 32.2. The molecule has 2 aromatic rings. The molecular formula is C11H13N3OS. The summed E-state index contributed by atoms with van der Waals surface area (Å²) in [6.45, 7) is 4.19. The molecule has 0 spiro atoms. The zero-order valence-electron chi connectivity index (χ0n) is 9.28. The molecule has 4 nitrogen and oxygen atoms in total. The molecule has 0 radical (unpaired) electrons. The number of rotatable bonds is 1. The predicted octanol–water partition coefficient (Wildman–Crippen LogP) is 1.89. The zero-order valence-corrected chi connectivity index (χ0v) is 10.1. The van der Waals surface area contributed by atoms with Crippen LogP contribution in [-0.2, 0) is 11.5 Å². The molecule has 3 rings (SSSR count). The number of hydrogen-bond donors (Lipinski definition) is 1. The lowest BCUT2D eigenvalue weighted by molar-refractivity contribution is 0.771. The van der Waals surface area contributed by atoms with Crippen LogP contribution in [0.5, 0.6) is 0 Å². The second-order valence-electron chi connectivity index (χ2n) is 4.39. The first-order valence-electron chi connectivity index (χ1n) is 5.38. The largest absolute Gasteiger partial charge is 0.293 e. The van der Waals surface area contributed by atoms with E-state index in [0.29, 0.717) is 5.92 Å². The van der Waals surface area contributed by atoms with Crippen LogP contribution in [0.3, 0.4) is 0 Å². The molecule has 2 aromatic heterocycles. The number of aromatic amines is 1. The first-order chi connectivity index (χ1) is 7.66. The molecule has 0 atom stereocenters. The number of thioether (sulfide) groups is 1. The Morgan fingerprint density at radius 3 is 3.06 bits per heavy atom. The van der Waals surface area contributed by atoms with Crippen molar-refractivity contribution in [3.05, 3.63) is 33.4 Å². The quantitative estimate of drug-likeness (QED) is 0.821. The molecule has 16 heavy (non-hydrogen) atoms. The van der Waals surface area contributed by atoms with Crippen molar-refractivity contribution >= 4 is 17.4 Å². The normalized spacial score (nSPS) is 14.9. The van der Waals surface area contributed by atoms with E-state index in [1.165, 1.54) is 0 Å². The van der Waals surface area contributed by atoms with Crippen molar-refractivity contribution < 1.29 is 0 Å². The highest BCUT2D eigenvalue weighted by Crippen LogP contribution is 2.26. The third-order valence-electron chi connectivity index (χ3n) is 2.92. The summed E-state index contributed by atoms with van der Waals surface area (Å²) in [7, 11) is 0. The average molecular weight is 235 g/mol. The van der Waals surface area contributed by atoms with Crippen LogP contribution in [0.2, 0.25) is 0 Å². The van der Waals surface area contributed by atoms with Crippen LogP contribution in [0.4, 0.5) is 0 Å². The van der Waals surface area contributed by atoms with Crippen LogP contribution < -0.4 is 5.56 Å². The molecule has 0 unspecified atom stereocenters. The van der Waals surface area contributed by atoms with Gasteiger partial charge < -0.3 is 0 Å². The van der Waals surface area contributed by atoms with Crippen LogP contribution in [0, 0.1) is 0 Å². The second-order valence-corrected chi connectivity index (χ2v) is 5.38. The van der Waals surface area contributed by atoms with Crippen molar-refractivity contribution in [2.75, 3.05) is 0 Å². The van der Waals surface area contributed by atoms with Gasteiger partial charge in [0.25, 0.3) is 5.56 Å². The topological polar surface area (TPSA) is 50.2 Å². The first kappa shape index (κ1) is 9.96. The Balaban J connectivity index is 2.33. The third kappa shape index (κ3) is 1.31. The summed E-state index contributed by atoms with van der Waals surface area (Å²) in [4.78, 5) is 16.7. The van der Waals surface area contributed by atoms with E-state index < -0.39 is 0 Å². The van der Waals surface area contributed by atoms with Gasteiger partial charge in [0, 0.05) is 23.3 Å². The molecule has 3 heterocycles. The van der Waals surface area contributed by atoms with Gasteiger partial charge in [0.15, 0.2) is 5.65 Å². The Bertz CT molecular complexity index is 611. The summed E-state index contributed by atoms with van der Waals surface area (Å²) in [5.74, 6) is 2.04. The average Bonchev–Trinajstić information content (AvgIpc) is 2.83. The smallest absolute Gasteiger partial charge is 0.277 e. The second kappa shape index (κ2) is 3.38. The highest BCUT2D eigenvalue weighted by Gasteiger charge is 2.19. The Morgan fingerprint density at radius 2 is 2.31 bits per heavy atom. The molecule has 0 bridgehead atoms. The molecule has 0 saturated carbocycles. The summed E-state index contributed by atoms with van der Waals surface area (Å²) >= 11 is 1.75. The predicted molar refractivity (Wildman–Crippen MR) is 64.9 cm³/mol. The fourth-order valence-corrected chi connectivity index (χ4v) is 2.96. The maximum Gasteiger partial charge on any atom is 0.277 e. The van der Waals surface area contributed by atoms with E-state index in [2.05, 4.69) is 23.9 Å². The molecule has 1 aliphatic rings. The summed E-state index contributed by atoms with van der Waals surface area (Å²) in [5.41, 5.74) is 3.69. The number of H-pyrrole nitrogens is 1. The maximum absolute atomic E-state index is 12.1. The maximum atomic E-state index is 12.1. The van der Waals surface area contributed by atoms with E-state index in [1.807, 2.05) is 6.07 Å². The summed E-state index contributed by atoms with van der Waals surface area (Å²) in [5, 5.41) is 3.13. The van der Waals surface area contributed by atoms with Crippen LogP contribution >= 0.6 is 11.8 Å². The lowest BCUT2D eigenvalue weighted by atomic mass is 10.1. The molecule has 0 aliphatic carbocycles. The van der Waals surface area contributed by atoms with Gasteiger partial charge in [-0.2, -0.15) is 11.8 Å². The molecule has 5 heteroatoms. The van der Waals surface area contributed by atoms with E-state index in [4.69, 9.17) is 0 Å². The molecule has 1 aliphatic heterocycles. The van der Waals surface area contributed by atoms with Crippen LogP contribution in [0.1, 0.15) is 36.7 Å². The molecule has 84 valence electrons. The minimum atomic E-state index is 0.0666. The molecule has 0 fully saturated rings. The van der Waals surface area contributed by atoms with Crippen molar-refractivity contribution in [1.29, 1.82) is 0 Å². The summed E-state index contributed by atoms with van der Waals surface area (Å²) in [6.07, 6.45) is 0. The van der Waals surface area contributed by atoms with Crippen molar-refractivity contribution in [3.8, 4) is 0 Å². The molecular weight excluding hydrogens is 222 g/mol. The zero-order chi connectivity index (χ0) is 11.3. The van der Waals surface area contributed by atoms with Gasteiger partial charge in [-0.25, -0.2) is 9.50 Å². The minimum Gasteiger partial charge on any atom is -0.293 e. The van der Waals surface area contributed by atoms with Crippen molar-refractivity contribution in [2.24, 2.45) is 0 Å². The Morgan fingerprint density at radius 1 is 1.50 bits per heavy atom. The SMILES string of the molecule is CC(C)c1cc2nc3c(c(=O)n2[nH]1)CSC3. The molecule has 0 saturated heterocycles. The van der Waals surface area contributed by atoms with Crippen molar-refractivity contribution in [1.82, 2.24) is 14.6 Å².